The highest BCUT2D eigenvalue weighted by atomic mass is 14.7. The number of nitrogens with two attached hydrogens (primary N) is 1. The third kappa shape index (κ3) is 2.45. The van der Waals surface area contributed by atoms with Crippen molar-refractivity contribution < 1.29 is 0 Å². The molecule has 3 aromatic rings. The van der Waals surface area contributed by atoms with Gasteiger partial charge in [0, 0.05) is 35.4 Å². The Morgan fingerprint density at radius 1 is 1.30 bits per heavy atom. The van der Waals surface area contributed by atoms with Gasteiger partial charge in [0.05, 0.1) is 0 Å². The number of benzene rings is 1. The first-order valence-electron chi connectivity index (χ1n) is 6.94. The molecule has 0 saturated heterocycles. The van der Waals surface area contributed by atoms with Crippen molar-refractivity contribution in [2.75, 3.05) is 6.54 Å². The zero-order valence-electron chi connectivity index (χ0n) is 11.6. The molecule has 0 fully saturated rings. The molecule has 2 heterocycles. The minimum Gasteiger partial charge on any atom is -0.361 e. The zero-order valence-corrected chi connectivity index (χ0v) is 11.6. The van der Waals surface area contributed by atoms with Crippen molar-refractivity contribution in [3.8, 4) is 0 Å². The van der Waals surface area contributed by atoms with E-state index in [0.29, 0.717) is 12.5 Å². The molecular weight excluding hydrogens is 246 g/mol. The monoisotopic (exact) mass is 265 g/mol. The van der Waals surface area contributed by atoms with Crippen LogP contribution in [-0.4, -0.2) is 16.5 Å². The number of aryl methyl sites for hydroxylation is 1. The number of aromatic amines is 1. The number of fused-ring (bicyclic) bond motifs is 1. The number of nitrogens with zero attached hydrogens (tertiary/aromatic N) is 1. The van der Waals surface area contributed by atoms with Crippen molar-refractivity contribution >= 4 is 10.9 Å². The largest absolute Gasteiger partial charge is 0.361 e. The maximum atomic E-state index is 6.01. The minimum absolute atomic E-state index is 0.315. The van der Waals surface area contributed by atoms with Gasteiger partial charge in [0.2, 0.25) is 0 Å². The fourth-order valence-electron chi connectivity index (χ4n) is 2.72. The molecule has 1 atom stereocenters. The molecule has 3 heteroatoms. The Morgan fingerprint density at radius 2 is 2.20 bits per heavy atom. The second-order valence-corrected chi connectivity index (χ2v) is 5.29. The van der Waals surface area contributed by atoms with Crippen molar-refractivity contribution in [1.82, 2.24) is 9.97 Å². The summed E-state index contributed by atoms with van der Waals surface area (Å²) >= 11 is 0. The molecule has 0 radical (unpaired) electrons. The number of nitrogens with one attached hydrogen (secondary N) is 1. The molecular formula is C17H19N3. The predicted octanol–water partition coefficient (Wildman–Crippen LogP) is 3.16. The molecule has 20 heavy (non-hydrogen) atoms. The fourth-order valence-corrected chi connectivity index (χ4v) is 2.72. The van der Waals surface area contributed by atoms with Gasteiger partial charge in [-0.05, 0) is 49.2 Å². The van der Waals surface area contributed by atoms with E-state index in [1.54, 1.807) is 6.20 Å². The van der Waals surface area contributed by atoms with E-state index in [4.69, 9.17) is 5.73 Å². The number of aromatic nitrogens is 2. The summed E-state index contributed by atoms with van der Waals surface area (Å²) in [5.74, 6) is 0.315. The highest BCUT2D eigenvalue weighted by Gasteiger charge is 2.15. The molecule has 3 nitrogen and oxygen atoms in total. The van der Waals surface area contributed by atoms with Gasteiger partial charge in [-0.25, -0.2) is 0 Å². The van der Waals surface area contributed by atoms with Crippen LogP contribution in [0, 0.1) is 6.92 Å². The van der Waals surface area contributed by atoms with Gasteiger partial charge in [0.1, 0.15) is 0 Å². The zero-order chi connectivity index (χ0) is 13.9. The first-order chi connectivity index (χ1) is 9.78. The van der Waals surface area contributed by atoms with E-state index in [0.717, 1.165) is 6.42 Å². The third-order valence-electron chi connectivity index (χ3n) is 3.80. The van der Waals surface area contributed by atoms with E-state index in [-0.39, 0.29) is 0 Å². The summed E-state index contributed by atoms with van der Waals surface area (Å²) in [4.78, 5) is 7.53. The molecule has 0 bridgehead atoms. The molecule has 3 N–H and O–H groups in total. The lowest BCUT2D eigenvalue weighted by Crippen LogP contribution is -2.14. The summed E-state index contributed by atoms with van der Waals surface area (Å²) in [5, 5.41) is 1.28. The highest BCUT2D eigenvalue weighted by molar-refractivity contribution is 5.84. The number of pyridine rings is 1. The number of rotatable bonds is 4. The molecule has 0 aliphatic rings. The fraction of sp³-hybridized carbons (Fsp3) is 0.235. The predicted molar refractivity (Wildman–Crippen MR) is 82.8 cm³/mol. The van der Waals surface area contributed by atoms with E-state index in [1.807, 2.05) is 12.3 Å². The van der Waals surface area contributed by atoms with Crippen LogP contribution < -0.4 is 5.73 Å². The average molecular weight is 265 g/mol. The van der Waals surface area contributed by atoms with Gasteiger partial charge in [-0.2, -0.15) is 0 Å². The van der Waals surface area contributed by atoms with Gasteiger partial charge >= 0.3 is 0 Å². The summed E-state index contributed by atoms with van der Waals surface area (Å²) < 4.78 is 0. The molecule has 1 aromatic carbocycles. The molecule has 3 rings (SSSR count). The maximum absolute atomic E-state index is 6.01. The summed E-state index contributed by atoms with van der Waals surface area (Å²) in [6, 6.07) is 10.6. The SMILES string of the molecule is Cc1ccc2[nH]cc(C(CN)Cc3cccnc3)c2c1. The van der Waals surface area contributed by atoms with Crippen molar-refractivity contribution in [3.63, 3.8) is 0 Å². The third-order valence-corrected chi connectivity index (χ3v) is 3.80. The van der Waals surface area contributed by atoms with Crippen LogP contribution in [0.25, 0.3) is 10.9 Å². The van der Waals surface area contributed by atoms with Crippen molar-refractivity contribution in [1.29, 1.82) is 0 Å². The standard InChI is InChI=1S/C17H19N3/c1-12-4-5-17-15(7-12)16(11-20-17)14(9-18)8-13-3-2-6-19-10-13/h2-7,10-11,14,20H,8-9,18H2,1H3. The first-order valence-corrected chi connectivity index (χ1v) is 6.94. The Labute approximate surface area is 118 Å². The van der Waals surface area contributed by atoms with Crippen molar-refractivity contribution in [3.05, 3.63) is 65.6 Å². The van der Waals surface area contributed by atoms with Gasteiger partial charge in [0.15, 0.2) is 0 Å². The number of H-pyrrole nitrogens is 1. The van der Waals surface area contributed by atoms with Crippen molar-refractivity contribution in [2.45, 2.75) is 19.3 Å². The number of hydrogen-bond donors (Lipinski definition) is 2. The highest BCUT2D eigenvalue weighted by Crippen LogP contribution is 2.28. The molecule has 0 saturated carbocycles. The van der Waals surface area contributed by atoms with Gasteiger partial charge in [-0.15, -0.1) is 0 Å². The molecule has 0 spiro atoms. The Bertz CT molecular complexity index is 701. The van der Waals surface area contributed by atoms with Gasteiger partial charge < -0.3 is 10.7 Å². The second kappa shape index (κ2) is 5.47. The lowest BCUT2D eigenvalue weighted by molar-refractivity contribution is 0.697. The molecule has 0 aliphatic carbocycles. The Hall–Kier alpha value is -2.13. The Morgan fingerprint density at radius 3 is 2.95 bits per heavy atom. The van der Waals surface area contributed by atoms with Gasteiger partial charge in [0.25, 0.3) is 0 Å². The van der Waals surface area contributed by atoms with Crippen molar-refractivity contribution in [2.24, 2.45) is 5.73 Å². The van der Waals surface area contributed by atoms with Crippen LogP contribution in [0.3, 0.4) is 0 Å². The Balaban J connectivity index is 1.97. The molecule has 102 valence electrons. The maximum Gasteiger partial charge on any atom is 0.0457 e. The smallest absolute Gasteiger partial charge is 0.0457 e. The molecule has 2 aromatic heterocycles. The van der Waals surface area contributed by atoms with E-state index >= 15 is 0 Å². The van der Waals surface area contributed by atoms with Crippen LogP contribution in [0.4, 0.5) is 0 Å². The van der Waals surface area contributed by atoms with E-state index in [9.17, 15) is 0 Å². The summed E-state index contributed by atoms with van der Waals surface area (Å²) in [6.07, 6.45) is 6.74. The number of hydrogen-bond acceptors (Lipinski definition) is 2. The summed E-state index contributed by atoms with van der Waals surface area (Å²) in [6.45, 7) is 2.75. The van der Waals surface area contributed by atoms with E-state index in [1.165, 1.54) is 27.6 Å². The topological polar surface area (TPSA) is 54.7 Å². The first kappa shape index (κ1) is 12.9. The quantitative estimate of drug-likeness (QED) is 0.761. The minimum atomic E-state index is 0.315. The lowest BCUT2D eigenvalue weighted by atomic mass is 9.92. The van der Waals surface area contributed by atoms with E-state index < -0.39 is 0 Å². The van der Waals surface area contributed by atoms with Gasteiger partial charge in [-0.1, -0.05) is 17.7 Å². The molecule has 0 amide bonds. The normalized spacial score (nSPS) is 12.7. The van der Waals surface area contributed by atoms with Crippen LogP contribution in [0.15, 0.2) is 48.9 Å². The summed E-state index contributed by atoms with van der Waals surface area (Å²) in [5.41, 5.74) is 11.0. The van der Waals surface area contributed by atoms with Crippen LogP contribution in [0.2, 0.25) is 0 Å². The van der Waals surface area contributed by atoms with Gasteiger partial charge in [-0.3, -0.25) is 4.98 Å². The van der Waals surface area contributed by atoms with E-state index in [2.05, 4.69) is 47.4 Å². The lowest BCUT2D eigenvalue weighted by Gasteiger charge is -2.14. The second-order valence-electron chi connectivity index (χ2n) is 5.29. The van der Waals surface area contributed by atoms with Crippen LogP contribution in [0.5, 0.6) is 0 Å². The average Bonchev–Trinajstić information content (AvgIpc) is 2.89. The van der Waals surface area contributed by atoms with Crippen LogP contribution >= 0.6 is 0 Å². The molecule has 0 aliphatic heterocycles. The molecule has 1 unspecified atom stereocenters. The van der Waals surface area contributed by atoms with Crippen LogP contribution in [0.1, 0.15) is 22.6 Å². The van der Waals surface area contributed by atoms with Crippen LogP contribution in [-0.2, 0) is 6.42 Å². The Kier molecular flexibility index (Phi) is 3.52. The summed E-state index contributed by atoms with van der Waals surface area (Å²) in [7, 11) is 0.